The van der Waals surface area contributed by atoms with Crippen LogP contribution in [0.5, 0.6) is 0 Å². The van der Waals surface area contributed by atoms with E-state index < -0.39 is 35.4 Å². The number of halogens is 3. The second-order valence-corrected chi connectivity index (χ2v) is 6.29. The number of aliphatic carboxylic acids is 1. The Morgan fingerprint density at radius 1 is 1.20 bits per heavy atom. The number of benzene rings is 1. The predicted octanol–water partition coefficient (Wildman–Crippen LogP) is 4.09. The van der Waals surface area contributed by atoms with Crippen molar-refractivity contribution in [1.29, 1.82) is 0 Å². The molecule has 138 valence electrons. The van der Waals surface area contributed by atoms with Crippen molar-refractivity contribution < 1.29 is 32.6 Å². The number of carbonyl (C=O) groups excluding carboxylic acids is 1. The third-order valence-electron chi connectivity index (χ3n) is 2.91. The van der Waals surface area contributed by atoms with Gasteiger partial charge >= 0.3 is 18.2 Å². The lowest BCUT2D eigenvalue weighted by atomic mass is 10.1. The van der Waals surface area contributed by atoms with Gasteiger partial charge in [-0.2, -0.15) is 13.2 Å². The lowest BCUT2D eigenvalue weighted by molar-refractivity contribution is -0.139. The molecule has 1 rings (SSSR count). The summed E-state index contributed by atoms with van der Waals surface area (Å²) in [5.41, 5.74) is -1.04. The Balaban J connectivity index is 2.67. The van der Waals surface area contributed by atoms with Crippen molar-refractivity contribution in [3.05, 3.63) is 41.5 Å². The molecule has 0 fully saturated rings. The molecule has 0 saturated carbocycles. The normalized spacial score (nSPS) is 13.5. The molecule has 0 radical (unpaired) electrons. The molecule has 0 saturated heterocycles. The fourth-order valence-electron chi connectivity index (χ4n) is 1.79. The molecule has 0 bridgehead atoms. The van der Waals surface area contributed by atoms with E-state index >= 15 is 0 Å². The summed E-state index contributed by atoms with van der Waals surface area (Å²) in [7, 11) is 0. The molecule has 1 atom stereocenters. The zero-order valence-corrected chi connectivity index (χ0v) is 14.1. The summed E-state index contributed by atoms with van der Waals surface area (Å²) >= 11 is 0. The number of nitrogens with one attached hydrogen (secondary N) is 1. The van der Waals surface area contributed by atoms with Crippen molar-refractivity contribution in [2.24, 2.45) is 0 Å². The third kappa shape index (κ3) is 7.73. The SMILES string of the molecule is CC(C)(C)OC(=O)NC(CC=Cc1ccc(C(F)(F)F)cc1)C(=O)O. The van der Waals surface area contributed by atoms with Gasteiger partial charge in [-0.05, 0) is 44.9 Å². The van der Waals surface area contributed by atoms with Crippen LogP contribution in [0.15, 0.2) is 30.3 Å². The highest BCUT2D eigenvalue weighted by Gasteiger charge is 2.29. The van der Waals surface area contributed by atoms with Crippen LogP contribution >= 0.6 is 0 Å². The van der Waals surface area contributed by atoms with Crippen LogP contribution in [0, 0.1) is 0 Å². The van der Waals surface area contributed by atoms with Crippen LogP contribution in [-0.2, 0) is 15.7 Å². The first-order chi connectivity index (χ1) is 11.4. The molecule has 0 aromatic heterocycles. The minimum atomic E-state index is -4.41. The molecule has 0 aliphatic heterocycles. The quantitative estimate of drug-likeness (QED) is 0.830. The van der Waals surface area contributed by atoms with Crippen LogP contribution < -0.4 is 5.32 Å². The Kier molecular flexibility index (Phi) is 6.61. The van der Waals surface area contributed by atoms with Gasteiger partial charge in [0.1, 0.15) is 11.6 Å². The molecule has 8 heteroatoms. The van der Waals surface area contributed by atoms with E-state index in [0.29, 0.717) is 5.56 Å². The molecular formula is C17H20F3NO4. The molecular weight excluding hydrogens is 339 g/mol. The van der Waals surface area contributed by atoms with E-state index in [-0.39, 0.29) is 6.42 Å². The molecule has 5 nitrogen and oxygen atoms in total. The van der Waals surface area contributed by atoms with Gasteiger partial charge in [0, 0.05) is 0 Å². The maximum Gasteiger partial charge on any atom is 0.416 e. The number of alkyl halides is 3. The second-order valence-electron chi connectivity index (χ2n) is 6.29. The molecule has 0 heterocycles. The Labute approximate surface area is 143 Å². The lowest BCUT2D eigenvalue weighted by Gasteiger charge is -2.21. The number of rotatable bonds is 5. The summed E-state index contributed by atoms with van der Waals surface area (Å²) in [6, 6.07) is 3.22. The lowest BCUT2D eigenvalue weighted by Crippen LogP contribution is -2.43. The summed E-state index contributed by atoms with van der Waals surface area (Å²) in [5.74, 6) is -1.25. The first-order valence-electron chi connectivity index (χ1n) is 7.44. The Morgan fingerprint density at radius 3 is 2.20 bits per heavy atom. The van der Waals surface area contributed by atoms with Crippen LogP contribution in [0.4, 0.5) is 18.0 Å². The Bertz CT molecular complexity index is 631. The maximum atomic E-state index is 12.5. The predicted molar refractivity (Wildman–Crippen MR) is 85.9 cm³/mol. The van der Waals surface area contributed by atoms with E-state index in [1.807, 2.05) is 0 Å². The molecule has 0 aliphatic rings. The van der Waals surface area contributed by atoms with E-state index in [1.54, 1.807) is 20.8 Å². The van der Waals surface area contributed by atoms with Crippen molar-refractivity contribution in [2.45, 2.75) is 45.0 Å². The molecule has 25 heavy (non-hydrogen) atoms. The highest BCUT2D eigenvalue weighted by molar-refractivity contribution is 5.80. The highest BCUT2D eigenvalue weighted by atomic mass is 19.4. The number of hydrogen-bond donors (Lipinski definition) is 2. The minimum Gasteiger partial charge on any atom is -0.480 e. The van der Waals surface area contributed by atoms with Gasteiger partial charge in [0.05, 0.1) is 5.56 Å². The summed E-state index contributed by atoms with van der Waals surface area (Å²) in [5, 5.41) is 11.3. The van der Waals surface area contributed by atoms with Crippen LogP contribution in [0.25, 0.3) is 6.08 Å². The topological polar surface area (TPSA) is 75.6 Å². The van der Waals surface area contributed by atoms with E-state index in [1.165, 1.54) is 24.3 Å². The number of amides is 1. The average Bonchev–Trinajstić information content (AvgIpc) is 2.43. The van der Waals surface area contributed by atoms with Gasteiger partial charge in [-0.25, -0.2) is 9.59 Å². The monoisotopic (exact) mass is 359 g/mol. The number of alkyl carbamates (subject to hydrolysis) is 1. The fourth-order valence-corrected chi connectivity index (χ4v) is 1.79. The minimum absolute atomic E-state index is 0.0460. The van der Waals surface area contributed by atoms with Crippen molar-refractivity contribution >= 4 is 18.1 Å². The van der Waals surface area contributed by atoms with Crippen LogP contribution in [0.3, 0.4) is 0 Å². The number of ether oxygens (including phenoxy) is 1. The molecule has 1 amide bonds. The summed E-state index contributed by atoms with van der Waals surface area (Å²) in [4.78, 5) is 22.8. The fraction of sp³-hybridized carbons (Fsp3) is 0.412. The molecule has 1 unspecified atom stereocenters. The average molecular weight is 359 g/mol. The zero-order chi connectivity index (χ0) is 19.3. The van der Waals surface area contributed by atoms with Gasteiger partial charge in [0.2, 0.25) is 0 Å². The molecule has 0 spiro atoms. The standard InChI is InChI=1S/C17H20F3NO4/c1-16(2,3)25-15(24)21-13(14(22)23)6-4-5-11-7-9-12(10-8-11)17(18,19)20/h4-5,7-10,13H,6H2,1-3H3,(H,21,24)(H,22,23). The first kappa shape index (κ1) is 20.5. The highest BCUT2D eigenvalue weighted by Crippen LogP contribution is 2.29. The summed E-state index contributed by atoms with van der Waals surface area (Å²) in [6.07, 6.45) is -2.38. The summed E-state index contributed by atoms with van der Waals surface area (Å²) < 4.78 is 42.4. The van der Waals surface area contributed by atoms with Gasteiger partial charge in [0.25, 0.3) is 0 Å². The van der Waals surface area contributed by atoms with E-state index in [2.05, 4.69) is 5.32 Å². The van der Waals surface area contributed by atoms with E-state index in [9.17, 15) is 22.8 Å². The van der Waals surface area contributed by atoms with Gasteiger partial charge in [-0.15, -0.1) is 0 Å². The van der Waals surface area contributed by atoms with Crippen molar-refractivity contribution in [1.82, 2.24) is 5.32 Å². The van der Waals surface area contributed by atoms with Gasteiger partial charge in [-0.1, -0.05) is 24.3 Å². The van der Waals surface area contributed by atoms with Crippen molar-refractivity contribution in [3.63, 3.8) is 0 Å². The van der Waals surface area contributed by atoms with Crippen LogP contribution in [0.2, 0.25) is 0 Å². The van der Waals surface area contributed by atoms with Crippen LogP contribution in [-0.4, -0.2) is 28.8 Å². The number of carboxylic acids is 1. The number of hydrogen-bond acceptors (Lipinski definition) is 3. The maximum absolute atomic E-state index is 12.5. The van der Waals surface area contributed by atoms with Crippen molar-refractivity contribution in [3.8, 4) is 0 Å². The van der Waals surface area contributed by atoms with Gasteiger partial charge < -0.3 is 15.2 Å². The number of carboxylic acid groups (broad SMARTS) is 1. The first-order valence-corrected chi connectivity index (χ1v) is 7.44. The summed E-state index contributed by atoms with van der Waals surface area (Å²) in [6.45, 7) is 4.94. The molecule has 1 aromatic carbocycles. The molecule has 0 aliphatic carbocycles. The van der Waals surface area contributed by atoms with Gasteiger partial charge in [0.15, 0.2) is 0 Å². The van der Waals surface area contributed by atoms with Crippen molar-refractivity contribution in [2.75, 3.05) is 0 Å². The Morgan fingerprint density at radius 2 is 1.76 bits per heavy atom. The molecule has 1 aromatic rings. The number of carbonyl (C=O) groups is 2. The third-order valence-corrected chi connectivity index (χ3v) is 2.91. The zero-order valence-electron chi connectivity index (χ0n) is 14.1. The largest absolute Gasteiger partial charge is 0.480 e. The van der Waals surface area contributed by atoms with Crippen LogP contribution in [0.1, 0.15) is 38.3 Å². The smallest absolute Gasteiger partial charge is 0.416 e. The second kappa shape index (κ2) is 8.04. The Hall–Kier alpha value is -2.51. The molecule has 2 N–H and O–H groups in total. The van der Waals surface area contributed by atoms with E-state index in [4.69, 9.17) is 9.84 Å². The van der Waals surface area contributed by atoms with Gasteiger partial charge in [-0.3, -0.25) is 0 Å². The van der Waals surface area contributed by atoms with E-state index in [0.717, 1.165) is 12.1 Å².